The minimum absolute atomic E-state index is 0.266. The molecular weight excluding hydrogens is 140 g/mol. The molecule has 1 N–H and O–H groups in total. The van der Waals surface area contributed by atoms with Crippen LogP contribution < -0.4 is 0 Å². The summed E-state index contributed by atoms with van der Waals surface area (Å²) in [6.07, 6.45) is 2.87. The van der Waals surface area contributed by atoms with E-state index in [1.165, 1.54) is 0 Å². The lowest BCUT2D eigenvalue weighted by atomic mass is 10.1. The Hall–Kier alpha value is -0.500. The first-order valence-electron chi connectivity index (χ1n) is 2.77. The van der Waals surface area contributed by atoms with Crippen molar-refractivity contribution in [2.45, 2.75) is 12.8 Å². The number of carboxylic acids is 1. The predicted octanol–water partition coefficient (Wildman–Crippen LogP) is 1.60. The van der Waals surface area contributed by atoms with E-state index in [9.17, 15) is 4.79 Å². The second-order valence-corrected chi connectivity index (χ2v) is 2.61. The maximum Gasteiger partial charge on any atom is 0.307 e. The Bertz CT molecular complexity index is 162. The van der Waals surface area contributed by atoms with Crippen LogP contribution in [0, 0.1) is 5.92 Å². The zero-order valence-corrected chi connectivity index (χ0v) is 5.56. The molecule has 0 amide bonds. The topological polar surface area (TPSA) is 37.3 Å². The number of allylic oxidation sites excluding steroid dienone is 2. The second kappa shape index (κ2) is 2.40. The first-order chi connectivity index (χ1) is 4.20. The first-order valence-corrected chi connectivity index (χ1v) is 3.15. The molecule has 0 aliphatic heterocycles. The number of aliphatic carboxylic acids is 1. The van der Waals surface area contributed by atoms with Gasteiger partial charge >= 0.3 is 5.97 Å². The summed E-state index contributed by atoms with van der Waals surface area (Å²) in [4.78, 5) is 10.3. The largest absolute Gasteiger partial charge is 0.481 e. The highest BCUT2D eigenvalue weighted by molar-refractivity contribution is 6.29. The van der Waals surface area contributed by atoms with Crippen LogP contribution in [-0.2, 0) is 4.79 Å². The molecule has 2 nitrogen and oxygen atoms in total. The van der Waals surface area contributed by atoms with Crippen molar-refractivity contribution in [3.8, 4) is 0 Å². The van der Waals surface area contributed by atoms with E-state index in [0.717, 1.165) is 0 Å². The van der Waals surface area contributed by atoms with Gasteiger partial charge in [-0.3, -0.25) is 4.79 Å². The lowest BCUT2D eigenvalue weighted by Gasteiger charge is -1.98. The highest BCUT2D eigenvalue weighted by atomic mass is 35.5. The van der Waals surface area contributed by atoms with Gasteiger partial charge in [0.05, 0.1) is 5.92 Å². The van der Waals surface area contributed by atoms with Crippen LogP contribution in [0.1, 0.15) is 12.8 Å². The molecule has 50 valence electrons. The van der Waals surface area contributed by atoms with Crippen molar-refractivity contribution in [3.05, 3.63) is 11.1 Å². The summed E-state index contributed by atoms with van der Waals surface area (Å²) in [6.45, 7) is 0. The number of rotatable bonds is 1. The van der Waals surface area contributed by atoms with Gasteiger partial charge in [0.25, 0.3) is 0 Å². The van der Waals surface area contributed by atoms with Gasteiger partial charge in [-0.05, 0) is 12.8 Å². The number of hydrogen-bond acceptors (Lipinski definition) is 1. The number of halogens is 1. The SMILES string of the molecule is O=C(O)[C@H]1CC=C(Cl)C1. The van der Waals surface area contributed by atoms with E-state index in [1.807, 2.05) is 0 Å². The molecule has 0 aromatic rings. The maximum absolute atomic E-state index is 10.3. The summed E-state index contributed by atoms with van der Waals surface area (Å²) in [5.74, 6) is -1.01. The van der Waals surface area contributed by atoms with Gasteiger partial charge in [-0.2, -0.15) is 0 Å². The molecule has 0 aromatic carbocycles. The fourth-order valence-corrected chi connectivity index (χ4v) is 1.14. The molecule has 0 spiro atoms. The van der Waals surface area contributed by atoms with Crippen LogP contribution in [0.15, 0.2) is 11.1 Å². The molecule has 0 radical (unpaired) electrons. The predicted molar refractivity (Wildman–Crippen MR) is 34.3 cm³/mol. The lowest BCUT2D eigenvalue weighted by Crippen LogP contribution is -2.08. The molecule has 1 rings (SSSR count). The van der Waals surface area contributed by atoms with Crippen molar-refractivity contribution in [2.24, 2.45) is 5.92 Å². The Morgan fingerprint density at radius 3 is 2.78 bits per heavy atom. The molecule has 3 heteroatoms. The van der Waals surface area contributed by atoms with Gasteiger partial charge < -0.3 is 5.11 Å². The Balaban J connectivity index is 2.47. The van der Waals surface area contributed by atoms with Crippen molar-refractivity contribution in [1.29, 1.82) is 0 Å². The van der Waals surface area contributed by atoms with Crippen molar-refractivity contribution in [1.82, 2.24) is 0 Å². The summed E-state index contributed by atoms with van der Waals surface area (Å²) in [7, 11) is 0. The van der Waals surface area contributed by atoms with Crippen LogP contribution in [-0.4, -0.2) is 11.1 Å². The van der Waals surface area contributed by atoms with E-state index >= 15 is 0 Å². The van der Waals surface area contributed by atoms with Crippen LogP contribution in [0.4, 0.5) is 0 Å². The van der Waals surface area contributed by atoms with Gasteiger partial charge in [-0.1, -0.05) is 17.7 Å². The molecule has 1 aliphatic carbocycles. The smallest absolute Gasteiger partial charge is 0.307 e. The Kier molecular flexibility index (Phi) is 1.76. The number of carboxylic acid groups (broad SMARTS) is 1. The summed E-state index contributed by atoms with van der Waals surface area (Å²) in [6, 6.07) is 0. The van der Waals surface area contributed by atoms with E-state index in [2.05, 4.69) is 0 Å². The zero-order valence-electron chi connectivity index (χ0n) is 4.80. The summed E-state index contributed by atoms with van der Waals surface area (Å²) >= 11 is 5.55. The molecule has 0 unspecified atom stereocenters. The van der Waals surface area contributed by atoms with Gasteiger partial charge in [0.15, 0.2) is 0 Å². The number of hydrogen-bond donors (Lipinski definition) is 1. The monoisotopic (exact) mass is 146 g/mol. The third-order valence-electron chi connectivity index (χ3n) is 1.41. The van der Waals surface area contributed by atoms with E-state index < -0.39 is 5.97 Å². The highest BCUT2D eigenvalue weighted by Crippen LogP contribution is 2.26. The van der Waals surface area contributed by atoms with Crippen LogP contribution >= 0.6 is 11.6 Å². The van der Waals surface area contributed by atoms with Crippen LogP contribution in [0.3, 0.4) is 0 Å². The molecule has 0 aromatic heterocycles. The highest BCUT2D eigenvalue weighted by Gasteiger charge is 2.21. The molecule has 0 saturated carbocycles. The maximum atomic E-state index is 10.3. The molecular formula is C6H7ClO2. The minimum atomic E-state index is -0.748. The van der Waals surface area contributed by atoms with E-state index in [-0.39, 0.29) is 5.92 Å². The van der Waals surface area contributed by atoms with Gasteiger partial charge in [-0.15, -0.1) is 0 Å². The number of carbonyl (C=O) groups is 1. The average molecular weight is 147 g/mol. The van der Waals surface area contributed by atoms with E-state index in [0.29, 0.717) is 17.9 Å². The van der Waals surface area contributed by atoms with Crippen LogP contribution in [0.25, 0.3) is 0 Å². The summed E-state index contributed by atoms with van der Waals surface area (Å²) < 4.78 is 0. The second-order valence-electron chi connectivity index (χ2n) is 2.13. The minimum Gasteiger partial charge on any atom is -0.481 e. The van der Waals surface area contributed by atoms with Crippen molar-refractivity contribution < 1.29 is 9.90 Å². The fourth-order valence-electron chi connectivity index (χ4n) is 0.860. The van der Waals surface area contributed by atoms with Gasteiger partial charge in [-0.25, -0.2) is 0 Å². The van der Waals surface area contributed by atoms with Crippen LogP contribution in [0.2, 0.25) is 0 Å². The third kappa shape index (κ3) is 1.45. The molecule has 1 aliphatic rings. The van der Waals surface area contributed by atoms with Crippen LogP contribution in [0.5, 0.6) is 0 Å². The Morgan fingerprint density at radius 1 is 1.89 bits per heavy atom. The zero-order chi connectivity index (χ0) is 6.85. The van der Waals surface area contributed by atoms with Gasteiger partial charge in [0.1, 0.15) is 0 Å². The van der Waals surface area contributed by atoms with Gasteiger partial charge in [0.2, 0.25) is 0 Å². The average Bonchev–Trinajstić information content (AvgIpc) is 2.14. The fraction of sp³-hybridized carbons (Fsp3) is 0.500. The summed E-state index contributed by atoms with van der Waals surface area (Å²) in [5, 5.41) is 9.12. The quantitative estimate of drug-likeness (QED) is 0.610. The normalized spacial score (nSPS) is 25.9. The Labute approximate surface area is 58.1 Å². The molecule has 0 bridgehead atoms. The third-order valence-corrected chi connectivity index (χ3v) is 1.72. The molecule has 1 atom stereocenters. The van der Waals surface area contributed by atoms with E-state index in [4.69, 9.17) is 16.7 Å². The van der Waals surface area contributed by atoms with Crippen molar-refractivity contribution >= 4 is 17.6 Å². The standard InChI is InChI=1S/C6H7ClO2/c7-5-2-1-4(3-5)6(8)9/h2,4H,1,3H2,(H,8,9)/t4-/m0/s1. The molecule has 0 saturated heterocycles. The summed E-state index contributed by atoms with van der Waals surface area (Å²) in [5.41, 5.74) is 0. The molecule has 0 fully saturated rings. The van der Waals surface area contributed by atoms with Gasteiger partial charge in [0, 0.05) is 5.03 Å². The first kappa shape index (κ1) is 6.62. The lowest BCUT2D eigenvalue weighted by molar-refractivity contribution is -0.141. The Morgan fingerprint density at radius 2 is 2.56 bits per heavy atom. The molecule has 0 heterocycles. The van der Waals surface area contributed by atoms with Crippen molar-refractivity contribution in [2.75, 3.05) is 0 Å². The molecule has 9 heavy (non-hydrogen) atoms. The van der Waals surface area contributed by atoms with E-state index in [1.54, 1.807) is 6.08 Å². The van der Waals surface area contributed by atoms with Crippen molar-refractivity contribution in [3.63, 3.8) is 0 Å².